The van der Waals surface area contributed by atoms with Crippen LogP contribution >= 0.6 is 0 Å². The van der Waals surface area contributed by atoms with E-state index in [0.29, 0.717) is 25.5 Å². The highest BCUT2D eigenvalue weighted by molar-refractivity contribution is 5.19. The Morgan fingerprint density at radius 1 is 0.958 bits per heavy atom. The van der Waals surface area contributed by atoms with Gasteiger partial charge in [0.05, 0.1) is 0 Å². The molecule has 4 heteroatoms. The van der Waals surface area contributed by atoms with Crippen LogP contribution in [0.3, 0.4) is 0 Å². The molecule has 24 heavy (non-hydrogen) atoms. The number of benzene rings is 1. The quantitative estimate of drug-likeness (QED) is 0.585. The Bertz CT molecular complexity index is 637. The van der Waals surface area contributed by atoms with Crippen molar-refractivity contribution in [2.24, 2.45) is 0 Å². The molecule has 0 atom stereocenters. The number of pyridine rings is 1. The van der Waals surface area contributed by atoms with Gasteiger partial charge in [-0.2, -0.15) is 0 Å². The monoisotopic (exact) mass is 329 g/mol. The molecule has 0 saturated heterocycles. The number of hydrogen-bond acceptors (Lipinski definition) is 3. The van der Waals surface area contributed by atoms with Gasteiger partial charge in [0.25, 0.3) is 5.56 Å². The topological polar surface area (TPSA) is 40.5 Å². The summed E-state index contributed by atoms with van der Waals surface area (Å²) >= 11 is 0. The highest BCUT2D eigenvalue weighted by Gasteiger charge is 2.04. The maximum absolute atomic E-state index is 12.4. The average molecular weight is 329 g/mol. The SMILES string of the molecule is CCCCCOCCCn1cccc(OCc2ccccc2)c1=O. The molecule has 0 bridgehead atoms. The molecule has 2 rings (SSSR count). The molecule has 0 spiro atoms. The molecule has 0 radical (unpaired) electrons. The van der Waals surface area contributed by atoms with Crippen LogP contribution in [0.5, 0.6) is 5.75 Å². The third-order valence-corrected chi connectivity index (χ3v) is 3.80. The summed E-state index contributed by atoms with van der Waals surface area (Å²) in [6.45, 7) is 4.73. The minimum Gasteiger partial charge on any atom is -0.483 e. The summed E-state index contributed by atoms with van der Waals surface area (Å²) in [5.74, 6) is 0.394. The largest absolute Gasteiger partial charge is 0.483 e. The lowest BCUT2D eigenvalue weighted by molar-refractivity contribution is 0.124. The zero-order valence-electron chi connectivity index (χ0n) is 14.4. The van der Waals surface area contributed by atoms with Crippen molar-refractivity contribution in [2.45, 2.75) is 45.8 Å². The Morgan fingerprint density at radius 2 is 1.75 bits per heavy atom. The summed E-state index contributed by atoms with van der Waals surface area (Å²) in [5.41, 5.74) is 0.965. The normalized spacial score (nSPS) is 10.7. The second-order valence-electron chi connectivity index (χ2n) is 5.82. The Labute approximate surface area is 144 Å². The summed E-state index contributed by atoms with van der Waals surface area (Å²) in [7, 11) is 0. The van der Waals surface area contributed by atoms with E-state index in [-0.39, 0.29) is 5.56 Å². The Hall–Kier alpha value is -2.07. The van der Waals surface area contributed by atoms with Gasteiger partial charge >= 0.3 is 0 Å². The molecule has 1 aromatic heterocycles. The smallest absolute Gasteiger partial charge is 0.292 e. The van der Waals surface area contributed by atoms with Gasteiger partial charge < -0.3 is 14.0 Å². The molecular formula is C20H27NO3. The highest BCUT2D eigenvalue weighted by atomic mass is 16.5. The lowest BCUT2D eigenvalue weighted by Gasteiger charge is -2.10. The molecule has 0 saturated carbocycles. The van der Waals surface area contributed by atoms with E-state index in [0.717, 1.165) is 25.0 Å². The number of aryl methyl sites for hydroxylation is 1. The van der Waals surface area contributed by atoms with Gasteiger partial charge in [-0.25, -0.2) is 0 Å². The molecule has 1 aromatic carbocycles. The van der Waals surface area contributed by atoms with Gasteiger partial charge in [0.1, 0.15) is 6.61 Å². The van der Waals surface area contributed by atoms with Crippen molar-refractivity contribution >= 4 is 0 Å². The van der Waals surface area contributed by atoms with Crippen molar-refractivity contribution in [1.82, 2.24) is 4.57 Å². The van der Waals surface area contributed by atoms with E-state index in [4.69, 9.17) is 9.47 Å². The third kappa shape index (κ3) is 6.20. The van der Waals surface area contributed by atoms with Gasteiger partial charge in [-0.3, -0.25) is 4.79 Å². The fourth-order valence-corrected chi connectivity index (χ4v) is 2.43. The van der Waals surface area contributed by atoms with Crippen LogP contribution < -0.4 is 10.3 Å². The van der Waals surface area contributed by atoms with Crippen molar-refractivity contribution in [3.63, 3.8) is 0 Å². The molecule has 130 valence electrons. The minimum atomic E-state index is -0.0839. The van der Waals surface area contributed by atoms with Crippen molar-refractivity contribution in [1.29, 1.82) is 0 Å². The van der Waals surface area contributed by atoms with E-state index in [1.165, 1.54) is 12.8 Å². The minimum absolute atomic E-state index is 0.0839. The first-order valence-electron chi connectivity index (χ1n) is 8.75. The zero-order valence-corrected chi connectivity index (χ0v) is 14.4. The molecule has 0 aliphatic carbocycles. The molecule has 2 aromatic rings. The van der Waals surface area contributed by atoms with Crippen LogP contribution in [-0.4, -0.2) is 17.8 Å². The predicted molar refractivity (Wildman–Crippen MR) is 96.4 cm³/mol. The van der Waals surface area contributed by atoms with Crippen molar-refractivity contribution in [2.75, 3.05) is 13.2 Å². The van der Waals surface area contributed by atoms with E-state index < -0.39 is 0 Å². The van der Waals surface area contributed by atoms with Gasteiger partial charge in [-0.05, 0) is 30.5 Å². The van der Waals surface area contributed by atoms with Crippen LogP contribution in [0.25, 0.3) is 0 Å². The molecule has 0 aliphatic rings. The maximum Gasteiger partial charge on any atom is 0.292 e. The van der Waals surface area contributed by atoms with E-state index >= 15 is 0 Å². The van der Waals surface area contributed by atoms with Crippen LogP contribution in [-0.2, 0) is 17.9 Å². The second kappa shape index (κ2) is 10.7. The van der Waals surface area contributed by atoms with Crippen LogP contribution in [0.2, 0.25) is 0 Å². The van der Waals surface area contributed by atoms with Crippen molar-refractivity contribution in [3.05, 3.63) is 64.6 Å². The van der Waals surface area contributed by atoms with Gasteiger partial charge in [-0.1, -0.05) is 50.1 Å². The van der Waals surface area contributed by atoms with Crippen LogP contribution in [0.15, 0.2) is 53.5 Å². The molecular weight excluding hydrogens is 302 g/mol. The van der Waals surface area contributed by atoms with Gasteiger partial charge in [-0.15, -0.1) is 0 Å². The molecule has 0 aliphatic heterocycles. The van der Waals surface area contributed by atoms with E-state index in [1.54, 1.807) is 16.8 Å². The highest BCUT2D eigenvalue weighted by Crippen LogP contribution is 2.07. The maximum atomic E-state index is 12.4. The molecule has 1 heterocycles. The fourth-order valence-electron chi connectivity index (χ4n) is 2.43. The fraction of sp³-hybridized carbons (Fsp3) is 0.450. The predicted octanol–water partition coefficient (Wildman–Crippen LogP) is 4.02. The molecule has 0 amide bonds. The lowest BCUT2D eigenvalue weighted by Crippen LogP contribution is -2.22. The molecule has 0 N–H and O–H groups in total. The number of hydrogen-bond donors (Lipinski definition) is 0. The van der Waals surface area contributed by atoms with Gasteiger partial charge in [0.15, 0.2) is 5.75 Å². The summed E-state index contributed by atoms with van der Waals surface area (Å²) in [6.07, 6.45) is 6.15. The van der Waals surface area contributed by atoms with Crippen molar-refractivity contribution in [3.8, 4) is 5.75 Å². The van der Waals surface area contributed by atoms with Crippen LogP contribution in [0.4, 0.5) is 0 Å². The molecule has 0 fully saturated rings. The standard InChI is InChI=1S/C20H27NO3/c1-2-3-7-15-23-16-9-14-21-13-8-12-19(20(21)22)24-17-18-10-5-4-6-11-18/h4-6,8,10-13H,2-3,7,9,14-17H2,1H3. The van der Waals surface area contributed by atoms with Gasteiger partial charge in [0.2, 0.25) is 0 Å². The second-order valence-corrected chi connectivity index (χ2v) is 5.82. The zero-order chi connectivity index (χ0) is 17.0. The third-order valence-electron chi connectivity index (χ3n) is 3.80. The average Bonchev–Trinajstić information content (AvgIpc) is 2.62. The summed E-state index contributed by atoms with van der Waals surface area (Å²) in [6, 6.07) is 13.4. The first-order valence-corrected chi connectivity index (χ1v) is 8.75. The number of aromatic nitrogens is 1. The summed E-state index contributed by atoms with van der Waals surface area (Å²) in [4.78, 5) is 12.4. The van der Waals surface area contributed by atoms with Crippen molar-refractivity contribution < 1.29 is 9.47 Å². The first-order chi connectivity index (χ1) is 11.8. The van der Waals surface area contributed by atoms with Crippen LogP contribution in [0, 0.1) is 0 Å². The number of unbranched alkanes of at least 4 members (excludes halogenated alkanes) is 2. The molecule has 4 nitrogen and oxygen atoms in total. The summed E-state index contributed by atoms with van der Waals surface area (Å²) < 4.78 is 12.9. The number of ether oxygens (including phenoxy) is 2. The van der Waals surface area contributed by atoms with E-state index in [1.807, 2.05) is 36.4 Å². The lowest BCUT2D eigenvalue weighted by atomic mass is 10.2. The number of nitrogens with zero attached hydrogens (tertiary/aromatic N) is 1. The summed E-state index contributed by atoms with van der Waals surface area (Å²) in [5, 5.41) is 0. The van der Waals surface area contributed by atoms with E-state index in [2.05, 4.69) is 6.92 Å². The molecule has 0 unspecified atom stereocenters. The van der Waals surface area contributed by atoms with Crippen LogP contribution in [0.1, 0.15) is 38.2 Å². The van der Waals surface area contributed by atoms with E-state index in [9.17, 15) is 4.79 Å². The Kier molecular flexibility index (Phi) is 8.11. The Morgan fingerprint density at radius 3 is 2.54 bits per heavy atom. The number of rotatable bonds is 11. The van der Waals surface area contributed by atoms with Gasteiger partial charge in [0, 0.05) is 26.0 Å². The first kappa shape index (κ1) is 18.3. The Balaban J connectivity index is 1.78.